The van der Waals surface area contributed by atoms with Gasteiger partial charge in [-0.3, -0.25) is 4.90 Å². The number of carbonyl (C=O) groups is 1. The molecule has 0 spiro atoms. The molecule has 2 atom stereocenters. The summed E-state index contributed by atoms with van der Waals surface area (Å²) in [5, 5.41) is 12.5. The van der Waals surface area contributed by atoms with E-state index in [4.69, 9.17) is 32.6 Å². The molecule has 2 aliphatic rings. The van der Waals surface area contributed by atoms with Gasteiger partial charge in [-0.2, -0.15) is 9.97 Å². The van der Waals surface area contributed by atoms with Crippen LogP contribution < -0.4 is 9.64 Å². The lowest BCUT2D eigenvalue weighted by Crippen LogP contribution is -2.57. The van der Waals surface area contributed by atoms with Crippen molar-refractivity contribution < 1.29 is 23.8 Å². The number of rotatable bonds is 6. The molecule has 3 heterocycles. The SMILES string of the molecule is [C-]#[N+]C[C@H]1CN(c2nc(OC[C@@H]3CCCN3C)nc3c(F)c(-c4cc(O)cc5ccccc45)c(Cl)cc23)CCN1C(=O)OC(C)(C)C. The summed E-state index contributed by atoms with van der Waals surface area (Å²) in [6.07, 6.45) is 1.55. The summed E-state index contributed by atoms with van der Waals surface area (Å²) < 4.78 is 28.7. The maximum Gasteiger partial charge on any atom is 0.410 e. The number of phenols is 1. The molecule has 4 aromatic rings. The van der Waals surface area contributed by atoms with E-state index in [0.717, 1.165) is 30.2 Å². The van der Waals surface area contributed by atoms with Crippen molar-refractivity contribution in [3.8, 4) is 22.9 Å². The van der Waals surface area contributed by atoms with E-state index in [9.17, 15) is 9.90 Å². The van der Waals surface area contributed by atoms with Crippen LogP contribution in [0.2, 0.25) is 5.02 Å². The van der Waals surface area contributed by atoms with Gasteiger partial charge in [0, 0.05) is 36.6 Å². The molecule has 1 amide bonds. The Morgan fingerprint density at radius 2 is 1.91 bits per heavy atom. The fourth-order valence-corrected chi connectivity index (χ4v) is 6.74. The number of nitrogens with zero attached hydrogens (tertiary/aromatic N) is 6. The summed E-state index contributed by atoms with van der Waals surface area (Å²) >= 11 is 6.87. The van der Waals surface area contributed by atoms with Crippen molar-refractivity contribution in [2.24, 2.45) is 0 Å². The quantitative estimate of drug-likeness (QED) is 0.227. The minimum absolute atomic E-state index is 0.0175. The summed E-state index contributed by atoms with van der Waals surface area (Å²) in [4.78, 5) is 31.7. The molecule has 10 nitrogen and oxygen atoms in total. The highest BCUT2D eigenvalue weighted by molar-refractivity contribution is 6.35. The Bertz CT molecular complexity index is 1880. The van der Waals surface area contributed by atoms with Crippen LogP contribution in [0.1, 0.15) is 33.6 Å². The summed E-state index contributed by atoms with van der Waals surface area (Å²) in [5.74, 6) is -0.285. The maximum atomic E-state index is 16.9. The van der Waals surface area contributed by atoms with Crippen LogP contribution in [0.15, 0.2) is 42.5 Å². The molecule has 2 aliphatic heterocycles. The van der Waals surface area contributed by atoms with Gasteiger partial charge in [0.25, 0.3) is 0 Å². The second-order valence-electron chi connectivity index (χ2n) is 13.2. The van der Waals surface area contributed by atoms with Gasteiger partial charge >= 0.3 is 12.1 Å². The van der Waals surface area contributed by atoms with Gasteiger partial charge in [0.2, 0.25) is 6.54 Å². The highest BCUT2D eigenvalue weighted by Crippen LogP contribution is 2.42. The van der Waals surface area contributed by atoms with Crippen LogP contribution in [-0.2, 0) is 4.74 Å². The number of halogens is 2. The average Bonchev–Trinajstić information content (AvgIpc) is 3.43. The lowest BCUT2D eigenvalue weighted by Gasteiger charge is -2.40. The third kappa shape index (κ3) is 6.71. The van der Waals surface area contributed by atoms with Crippen molar-refractivity contribution >= 4 is 45.2 Å². The van der Waals surface area contributed by atoms with Crippen molar-refractivity contribution in [1.29, 1.82) is 0 Å². The zero-order valence-corrected chi connectivity index (χ0v) is 27.7. The van der Waals surface area contributed by atoms with Gasteiger partial charge in [0.05, 0.1) is 5.02 Å². The number of likely N-dealkylation sites (N-methyl/N-ethyl adjacent to an activating group) is 1. The van der Waals surface area contributed by atoms with E-state index >= 15 is 4.39 Å². The number of aromatic hydroxyl groups is 1. The van der Waals surface area contributed by atoms with E-state index in [1.807, 2.05) is 36.2 Å². The lowest BCUT2D eigenvalue weighted by molar-refractivity contribution is 0.0155. The summed E-state index contributed by atoms with van der Waals surface area (Å²) in [6, 6.07) is 11.9. The molecular weight excluding hydrogens is 623 g/mol. The topological polar surface area (TPSA) is 95.6 Å². The van der Waals surface area contributed by atoms with Gasteiger partial charge in [-0.1, -0.05) is 35.9 Å². The highest BCUT2D eigenvalue weighted by atomic mass is 35.5. The molecule has 2 fully saturated rings. The molecule has 47 heavy (non-hydrogen) atoms. The first-order valence-corrected chi connectivity index (χ1v) is 16.1. The highest BCUT2D eigenvalue weighted by Gasteiger charge is 2.37. The molecule has 0 radical (unpaired) electrons. The zero-order valence-electron chi connectivity index (χ0n) is 27.0. The number of fused-ring (bicyclic) bond motifs is 2. The standard InChI is InChI=1S/C35H38ClFN6O4/c1-35(2,3)47-34(45)43-14-13-42(19-23(43)18-38-4)32-27-17-28(36)29(26-16-24(44)15-21-9-6-7-11-25(21)26)30(37)31(27)39-33(40-32)46-20-22-10-8-12-41(22)5/h6-7,9,11,15-17,22-23,44H,8,10,12-14,18-20H2,1-3,5H3/t22-,23-/m0/s1. The molecule has 246 valence electrons. The number of amides is 1. The van der Waals surface area contributed by atoms with Crippen LogP contribution in [0, 0.1) is 12.4 Å². The predicted octanol–water partition coefficient (Wildman–Crippen LogP) is 6.77. The fraction of sp³-hybridized carbons (Fsp3) is 0.429. The van der Waals surface area contributed by atoms with E-state index in [1.54, 1.807) is 37.8 Å². The molecular formula is C35H38ClFN6O4. The first kappa shape index (κ1) is 32.5. The van der Waals surface area contributed by atoms with Gasteiger partial charge in [0.15, 0.2) is 5.82 Å². The van der Waals surface area contributed by atoms with Gasteiger partial charge in [0.1, 0.15) is 35.3 Å². The second kappa shape index (κ2) is 13.0. The minimum Gasteiger partial charge on any atom is -0.508 e. The Labute approximate surface area is 278 Å². The Kier molecular flexibility index (Phi) is 9.01. The average molecular weight is 661 g/mol. The number of ether oxygens (including phenoxy) is 2. The van der Waals surface area contributed by atoms with Gasteiger partial charge in [-0.15, -0.1) is 0 Å². The summed E-state index contributed by atoms with van der Waals surface area (Å²) in [7, 11) is 2.04. The van der Waals surface area contributed by atoms with E-state index in [-0.39, 0.29) is 53.5 Å². The normalized spacial score (nSPS) is 18.9. The van der Waals surface area contributed by atoms with Gasteiger partial charge in [-0.05, 0) is 81.7 Å². The summed E-state index contributed by atoms with van der Waals surface area (Å²) in [6.45, 7) is 15.2. The van der Waals surface area contributed by atoms with Crippen LogP contribution in [0.5, 0.6) is 11.8 Å². The number of anilines is 1. The van der Waals surface area contributed by atoms with Crippen LogP contribution in [0.25, 0.3) is 37.6 Å². The van der Waals surface area contributed by atoms with Crippen molar-refractivity contribution in [3.63, 3.8) is 0 Å². The van der Waals surface area contributed by atoms with E-state index in [1.165, 1.54) is 6.07 Å². The Morgan fingerprint density at radius 1 is 1.13 bits per heavy atom. The third-order valence-corrected chi connectivity index (χ3v) is 9.04. The molecule has 0 unspecified atom stereocenters. The number of carbonyl (C=O) groups excluding carboxylic acids is 1. The lowest BCUT2D eigenvalue weighted by atomic mass is 9.96. The largest absolute Gasteiger partial charge is 0.508 e. The number of aromatic nitrogens is 2. The maximum absolute atomic E-state index is 16.9. The van der Waals surface area contributed by atoms with Crippen LogP contribution in [0.4, 0.5) is 15.0 Å². The minimum atomic E-state index is -0.688. The molecule has 12 heteroatoms. The monoisotopic (exact) mass is 660 g/mol. The number of hydrogen-bond donors (Lipinski definition) is 1. The van der Waals surface area contributed by atoms with E-state index in [0.29, 0.717) is 29.9 Å². The Morgan fingerprint density at radius 3 is 2.64 bits per heavy atom. The first-order chi connectivity index (χ1) is 22.4. The zero-order chi connectivity index (χ0) is 33.5. The molecule has 1 aromatic heterocycles. The van der Waals surface area contributed by atoms with E-state index in [2.05, 4.69) is 14.7 Å². The van der Waals surface area contributed by atoms with Crippen LogP contribution in [0.3, 0.4) is 0 Å². The molecule has 3 aromatic carbocycles. The fourth-order valence-electron chi connectivity index (χ4n) is 6.44. The van der Waals surface area contributed by atoms with Crippen molar-refractivity contribution in [2.75, 3.05) is 51.3 Å². The number of piperazine rings is 1. The van der Waals surface area contributed by atoms with Crippen molar-refractivity contribution in [1.82, 2.24) is 19.8 Å². The van der Waals surface area contributed by atoms with E-state index < -0.39 is 23.6 Å². The smallest absolute Gasteiger partial charge is 0.410 e. The Balaban J connectivity index is 1.45. The third-order valence-electron chi connectivity index (χ3n) is 8.75. The van der Waals surface area contributed by atoms with Crippen LogP contribution in [-0.4, -0.2) is 95.0 Å². The van der Waals surface area contributed by atoms with Gasteiger partial charge in [-0.25, -0.2) is 15.8 Å². The summed E-state index contributed by atoms with van der Waals surface area (Å²) in [5.41, 5.74) is -0.124. The molecule has 1 N–H and O–H groups in total. The number of hydrogen-bond acceptors (Lipinski definition) is 8. The van der Waals surface area contributed by atoms with Crippen LogP contribution >= 0.6 is 11.6 Å². The first-order valence-electron chi connectivity index (χ1n) is 15.8. The molecule has 6 rings (SSSR count). The molecule has 0 aliphatic carbocycles. The predicted molar refractivity (Wildman–Crippen MR) is 181 cm³/mol. The molecule has 0 saturated carbocycles. The van der Waals surface area contributed by atoms with Crippen molar-refractivity contribution in [3.05, 3.63) is 64.7 Å². The van der Waals surface area contributed by atoms with Gasteiger partial charge < -0.3 is 29.2 Å². The number of phenolic OH excluding ortho intramolecular Hbond substituents is 1. The van der Waals surface area contributed by atoms with Crippen molar-refractivity contribution in [2.45, 2.75) is 51.3 Å². The Hall–Kier alpha value is -4.40. The number of likely N-dealkylation sites (tertiary alicyclic amines) is 1. The second-order valence-corrected chi connectivity index (χ2v) is 13.6. The molecule has 2 saturated heterocycles. The number of benzene rings is 3. The molecule has 0 bridgehead atoms.